The predicted octanol–water partition coefficient (Wildman–Crippen LogP) is 1.65. The van der Waals surface area contributed by atoms with E-state index in [9.17, 15) is 0 Å². The number of likely N-dealkylation sites (N-methyl/N-ethyl adjacent to an activating group) is 1. The van der Waals surface area contributed by atoms with E-state index >= 15 is 0 Å². The molecule has 0 aromatic carbocycles. The van der Waals surface area contributed by atoms with Gasteiger partial charge in [0.1, 0.15) is 0 Å². The molecular weight excluding hydrogens is 210 g/mol. The molecule has 1 rings (SSSR count). The second-order valence-corrected chi connectivity index (χ2v) is 5.80. The summed E-state index contributed by atoms with van der Waals surface area (Å²) in [6.45, 7) is 13.1. The Hall–Kier alpha value is -0.120. The Morgan fingerprint density at radius 3 is 2.35 bits per heavy atom. The van der Waals surface area contributed by atoms with E-state index in [1.54, 1.807) is 0 Å². The Bertz CT molecular complexity index is 214. The number of rotatable bonds is 6. The lowest BCUT2D eigenvalue weighted by molar-refractivity contribution is 0.0606. The fraction of sp³-hybridized carbons (Fsp3) is 1.00. The van der Waals surface area contributed by atoms with Crippen LogP contribution < -0.4 is 5.32 Å². The van der Waals surface area contributed by atoms with Gasteiger partial charge in [-0.1, -0.05) is 13.8 Å². The van der Waals surface area contributed by atoms with Crippen LogP contribution in [0, 0.1) is 5.41 Å². The van der Waals surface area contributed by atoms with Crippen LogP contribution >= 0.6 is 0 Å². The van der Waals surface area contributed by atoms with Crippen molar-refractivity contribution in [1.82, 2.24) is 15.1 Å². The molecule has 1 N–H and O–H groups in total. The van der Waals surface area contributed by atoms with Crippen molar-refractivity contribution in [2.24, 2.45) is 5.41 Å². The number of hydrogen-bond donors (Lipinski definition) is 1. The predicted molar refractivity (Wildman–Crippen MR) is 75.5 cm³/mol. The van der Waals surface area contributed by atoms with Crippen LogP contribution in [0.4, 0.5) is 0 Å². The van der Waals surface area contributed by atoms with Crippen LogP contribution in [0.5, 0.6) is 0 Å². The zero-order valence-corrected chi connectivity index (χ0v) is 12.4. The van der Waals surface area contributed by atoms with Crippen molar-refractivity contribution in [3.05, 3.63) is 0 Å². The third-order valence-electron chi connectivity index (χ3n) is 4.65. The highest BCUT2D eigenvalue weighted by atomic mass is 15.3. The molecule has 0 bridgehead atoms. The molecule has 3 heteroatoms. The molecule has 1 fully saturated rings. The Morgan fingerprint density at radius 1 is 1.24 bits per heavy atom. The van der Waals surface area contributed by atoms with Crippen LogP contribution in [0.15, 0.2) is 0 Å². The first kappa shape index (κ1) is 14.9. The maximum Gasteiger partial charge on any atom is 0.0192 e. The van der Waals surface area contributed by atoms with E-state index < -0.39 is 0 Å². The first-order chi connectivity index (χ1) is 8.06. The van der Waals surface area contributed by atoms with E-state index in [4.69, 9.17) is 0 Å². The van der Waals surface area contributed by atoms with Gasteiger partial charge in [0, 0.05) is 38.8 Å². The van der Waals surface area contributed by atoms with Crippen molar-refractivity contribution in [2.75, 3.05) is 46.8 Å². The second-order valence-electron chi connectivity index (χ2n) is 5.80. The van der Waals surface area contributed by atoms with Gasteiger partial charge in [-0.3, -0.25) is 4.90 Å². The van der Waals surface area contributed by atoms with Crippen LogP contribution in [0.3, 0.4) is 0 Å². The first-order valence-electron chi connectivity index (χ1n) is 7.14. The summed E-state index contributed by atoms with van der Waals surface area (Å²) >= 11 is 0. The van der Waals surface area contributed by atoms with Crippen molar-refractivity contribution in [2.45, 2.75) is 39.7 Å². The maximum atomic E-state index is 3.38. The quantitative estimate of drug-likeness (QED) is 0.763. The van der Waals surface area contributed by atoms with E-state index in [0.29, 0.717) is 11.5 Å². The fourth-order valence-electron chi connectivity index (χ4n) is 2.90. The summed E-state index contributed by atoms with van der Waals surface area (Å²) in [4.78, 5) is 5.13. The van der Waals surface area contributed by atoms with Crippen molar-refractivity contribution >= 4 is 0 Å². The van der Waals surface area contributed by atoms with Crippen molar-refractivity contribution in [1.29, 1.82) is 0 Å². The second kappa shape index (κ2) is 6.72. The molecule has 0 aromatic rings. The number of nitrogens with zero attached hydrogens (tertiary/aromatic N) is 2. The third-order valence-corrected chi connectivity index (χ3v) is 4.65. The van der Waals surface area contributed by atoms with Crippen molar-refractivity contribution in [3.63, 3.8) is 0 Å². The largest absolute Gasteiger partial charge is 0.319 e. The summed E-state index contributed by atoms with van der Waals surface area (Å²) in [7, 11) is 4.31. The van der Waals surface area contributed by atoms with E-state index in [1.807, 2.05) is 0 Å². The molecule has 0 radical (unpaired) electrons. The van der Waals surface area contributed by atoms with Gasteiger partial charge in [0.05, 0.1) is 0 Å². The minimum atomic E-state index is 0.463. The Balaban J connectivity index is 2.55. The first-order valence-corrected chi connectivity index (χ1v) is 7.14. The standard InChI is InChI=1S/C14H31N3/c1-6-14(7-2,11-15-4)12-17-9-8-16(5)13(3)10-17/h13,15H,6-12H2,1-5H3. The van der Waals surface area contributed by atoms with E-state index in [0.717, 1.165) is 6.54 Å². The van der Waals surface area contributed by atoms with Gasteiger partial charge in [0.15, 0.2) is 0 Å². The van der Waals surface area contributed by atoms with Gasteiger partial charge < -0.3 is 10.2 Å². The number of nitrogens with one attached hydrogen (secondary N) is 1. The van der Waals surface area contributed by atoms with Crippen LogP contribution in [-0.4, -0.2) is 62.7 Å². The molecule has 0 aromatic heterocycles. The summed E-state index contributed by atoms with van der Waals surface area (Å²) in [5, 5.41) is 3.38. The summed E-state index contributed by atoms with van der Waals surface area (Å²) < 4.78 is 0. The van der Waals surface area contributed by atoms with Crippen molar-refractivity contribution < 1.29 is 0 Å². The van der Waals surface area contributed by atoms with Crippen LogP contribution in [0.2, 0.25) is 0 Å². The summed E-state index contributed by atoms with van der Waals surface area (Å²) in [5.41, 5.74) is 0.463. The topological polar surface area (TPSA) is 18.5 Å². The van der Waals surface area contributed by atoms with Gasteiger partial charge in [0.2, 0.25) is 0 Å². The molecule has 1 aliphatic heterocycles. The highest BCUT2D eigenvalue weighted by molar-refractivity contribution is 4.86. The lowest BCUT2D eigenvalue weighted by atomic mass is 9.81. The molecule has 1 aliphatic rings. The van der Waals surface area contributed by atoms with Crippen LogP contribution in [0.25, 0.3) is 0 Å². The lowest BCUT2D eigenvalue weighted by Gasteiger charge is -2.43. The summed E-state index contributed by atoms with van der Waals surface area (Å²) in [5.74, 6) is 0. The fourth-order valence-corrected chi connectivity index (χ4v) is 2.90. The van der Waals surface area contributed by atoms with E-state index in [2.05, 4.69) is 50.0 Å². The van der Waals surface area contributed by atoms with Gasteiger partial charge in [-0.2, -0.15) is 0 Å². The van der Waals surface area contributed by atoms with Crippen molar-refractivity contribution in [3.8, 4) is 0 Å². The highest BCUT2D eigenvalue weighted by Crippen LogP contribution is 2.27. The van der Waals surface area contributed by atoms with Crippen LogP contribution in [0.1, 0.15) is 33.6 Å². The molecule has 1 saturated heterocycles. The average Bonchev–Trinajstić information content (AvgIpc) is 2.33. The Kier molecular flexibility index (Phi) is 5.90. The average molecular weight is 241 g/mol. The molecule has 17 heavy (non-hydrogen) atoms. The zero-order valence-electron chi connectivity index (χ0n) is 12.4. The number of hydrogen-bond acceptors (Lipinski definition) is 3. The monoisotopic (exact) mass is 241 g/mol. The zero-order chi connectivity index (χ0) is 12.9. The molecule has 1 unspecified atom stereocenters. The Morgan fingerprint density at radius 2 is 1.88 bits per heavy atom. The van der Waals surface area contributed by atoms with Gasteiger partial charge >= 0.3 is 0 Å². The third kappa shape index (κ3) is 3.94. The molecule has 0 aliphatic carbocycles. The minimum Gasteiger partial charge on any atom is -0.319 e. The smallest absolute Gasteiger partial charge is 0.0192 e. The highest BCUT2D eigenvalue weighted by Gasteiger charge is 2.30. The van der Waals surface area contributed by atoms with Crippen LogP contribution in [-0.2, 0) is 0 Å². The number of piperazine rings is 1. The normalized spacial score (nSPS) is 24.2. The molecule has 1 heterocycles. The summed E-state index contributed by atoms with van der Waals surface area (Å²) in [6, 6.07) is 0.699. The van der Waals surface area contributed by atoms with Gasteiger partial charge in [-0.05, 0) is 39.3 Å². The van der Waals surface area contributed by atoms with Gasteiger partial charge in [-0.15, -0.1) is 0 Å². The molecule has 0 saturated carbocycles. The minimum absolute atomic E-state index is 0.463. The van der Waals surface area contributed by atoms with E-state index in [-0.39, 0.29) is 0 Å². The summed E-state index contributed by atoms with van der Waals surface area (Å²) in [6.07, 6.45) is 2.54. The molecule has 1 atom stereocenters. The van der Waals surface area contributed by atoms with Gasteiger partial charge in [-0.25, -0.2) is 0 Å². The van der Waals surface area contributed by atoms with E-state index in [1.165, 1.54) is 39.0 Å². The molecule has 0 amide bonds. The molecular formula is C14H31N3. The molecule has 3 nitrogen and oxygen atoms in total. The SMILES string of the molecule is CCC(CC)(CNC)CN1CCN(C)C(C)C1. The van der Waals surface area contributed by atoms with Gasteiger partial charge in [0.25, 0.3) is 0 Å². The molecule has 0 spiro atoms. The lowest BCUT2D eigenvalue weighted by Crippen LogP contribution is -2.53. The maximum absolute atomic E-state index is 3.38. The Labute approximate surface area is 108 Å². The molecule has 102 valence electrons.